The van der Waals surface area contributed by atoms with Gasteiger partial charge in [0.15, 0.2) is 0 Å². The molecule has 8 nitrogen and oxygen atoms in total. The van der Waals surface area contributed by atoms with E-state index in [1.807, 2.05) is 12.1 Å². The van der Waals surface area contributed by atoms with Crippen LogP contribution in [0.25, 0.3) is 11.1 Å². The van der Waals surface area contributed by atoms with Gasteiger partial charge in [-0.1, -0.05) is 30.3 Å². The zero-order valence-corrected chi connectivity index (χ0v) is 18.9. The number of carbonyl (C=O) groups is 1. The molecule has 4 fully saturated rings. The van der Waals surface area contributed by atoms with Crippen molar-refractivity contribution in [2.75, 3.05) is 26.8 Å². The van der Waals surface area contributed by atoms with Gasteiger partial charge < -0.3 is 14.4 Å². The summed E-state index contributed by atoms with van der Waals surface area (Å²) in [6, 6.07) is 15.1. The number of likely N-dealkylation sites (tertiary alicyclic amines) is 1. The van der Waals surface area contributed by atoms with Crippen LogP contribution in [-0.2, 0) is 9.53 Å². The van der Waals surface area contributed by atoms with Crippen LogP contribution in [0.2, 0.25) is 0 Å². The van der Waals surface area contributed by atoms with Gasteiger partial charge >= 0.3 is 0 Å². The van der Waals surface area contributed by atoms with Gasteiger partial charge in [0.05, 0.1) is 7.11 Å². The first kappa shape index (κ1) is 21.1. The second kappa shape index (κ2) is 8.38. The molecule has 2 aromatic carbocycles. The molecule has 4 N–H and O–H groups in total. The Morgan fingerprint density at radius 2 is 1.91 bits per heavy atom. The van der Waals surface area contributed by atoms with E-state index in [9.17, 15) is 4.79 Å². The zero-order valence-electron chi connectivity index (χ0n) is 18.9. The summed E-state index contributed by atoms with van der Waals surface area (Å²) in [7, 11) is 1.71. The molecule has 1 aliphatic carbocycles. The van der Waals surface area contributed by atoms with E-state index in [0.717, 1.165) is 61.4 Å². The van der Waals surface area contributed by atoms with Gasteiger partial charge in [-0.05, 0) is 65.8 Å². The van der Waals surface area contributed by atoms with Gasteiger partial charge in [0.2, 0.25) is 0 Å². The van der Waals surface area contributed by atoms with E-state index < -0.39 is 0 Å². The molecular formula is C25H31N5O3. The van der Waals surface area contributed by atoms with Crippen LogP contribution in [0.1, 0.15) is 48.9 Å². The van der Waals surface area contributed by atoms with Crippen molar-refractivity contribution < 1.29 is 14.3 Å². The molecule has 174 valence electrons. The predicted molar refractivity (Wildman–Crippen MR) is 124 cm³/mol. The van der Waals surface area contributed by atoms with Crippen molar-refractivity contribution in [2.24, 2.45) is 5.41 Å². The molecule has 0 radical (unpaired) electrons. The van der Waals surface area contributed by atoms with E-state index in [-0.39, 0.29) is 23.6 Å². The quantitative estimate of drug-likeness (QED) is 0.558. The van der Waals surface area contributed by atoms with Crippen molar-refractivity contribution in [1.82, 2.24) is 26.8 Å². The molecule has 0 unspecified atom stereocenters. The highest BCUT2D eigenvalue weighted by Gasteiger charge is 2.58. The molecule has 1 spiro atoms. The number of ether oxygens (including phenoxy) is 2. The molecule has 3 aliphatic heterocycles. The lowest BCUT2D eigenvalue weighted by Crippen LogP contribution is -2.37. The van der Waals surface area contributed by atoms with E-state index in [1.165, 1.54) is 12.0 Å². The maximum absolute atomic E-state index is 12.8. The Hall–Kier alpha value is -2.49. The minimum atomic E-state index is -0.205. The number of benzene rings is 2. The summed E-state index contributed by atoms with van der Waals surface area (Å²) in [5.41, 5.74) is 16.9. The van der Waals surface area contributed by atoms with Crippen molar-refractivity contribution in [3.05, 3.63) is 53.6 Å². The Morgan fingerprint density at radius 1 is 1.12 bits per heavy atom. The number of amides is 1. The van der Waals surface area contributed by atoms with Crippen LogP contribution in [0.5, 0.6) is 5.75 Å². The number of carbonyl (C=O) groups excluding carboxylic acids is 1. The van der Waals surface area contributed by atoms with Crippen LogP contribution in [0.3, 0.4) is 0 Å². The number of hydrazine groups is 3. The SMILES string of the molecule is COc1ccc(C2NNNN2)cc1-c1ccc([C@H]2C[C@@]23CCN(C(=O)[C@H]2CCCO2)C3)cc1. The molecule has 1 saturated carbocycles. The third kappa shape index (κ3) is 3.82. The van der Waals surface area contributed by atoms with Gasteiger partial charge in [0.25, 0.3) is 5.91 Å². The highest BCUT2D eigenvalue weighted by molar-refractivity contribution is 5.81. The number of hydrogen-bond donors (Lipinski definition) is 4. The van der Waals surface area contributed by atoms with Gasteiger partial charge in [0, 0.05) is 25.3 Å². The molecule has 0 bridgehead atoms. The summed E-state index contributed by atoms with van der Waals surface area (Å²) < 4.78 is 11.3. The average Bonchev–Trinajstić information content (AvgIpc) is 3.38. The molecule has 2 aromatic rings. The lowest BCUT2D eigenvalue weighted by molar-refractivity contribution is -0.140. The largest absolute Gasteiger partial charge is 0.496 e. The molecular weight excluding hydrogens is 418 g/mol. The van der Waals surface area contributed by atoms with E-state index in [0.29, 0.717) is 5.92 Å². The Balaban J connectivity index is 1.17. The molecule has 4 aliphatic rings. The molecule has 3 heterocycles. The van der Waals surface area contributed by atoms with Gasteiger partial charge in [-0.2, -0.15) is 11.1 Å². The summed E-state index contributed by atoms with van der Waals surface area (Å²) in [6.07, 6.45) is 3.90. The molecule has 0 aromatic heterocycles. The fraction of sp³-hybridized carbons (Fsp3) is 0.480. The van der Waals surface area contributed by atoms with Crippen LogP contribution >= 0.6 is 0 Å². The van der Waals surface area contributed by atoms with Crippen LogP contribution < -0.4 is 26.7 Å². The maximum Gasteiger partial charge on any atom is 0.251 e. The summed E-state index contributed by atoms with van der Waals surface area (Å²) in [4.78, 5) is 14.8. The number of nitrogens with zero attached hydrogens (tertiary/aromatic N) is 1. The highest BCUT2D eigenvalue weighted by atomic mass is 16.5. The summed E-state index contributed by atoms with van der Waals surface area (Å²) in [5, 5.41) is 0. The smallest absolute Gasteiger partial charge is 0.251 e. The fourth-order valence-electron chi connectivity index (χ4n) is 5.78. The average molecular weight is 450 g/mol. The van der Waals surface area contributed by atoms with Gasteiger partial charge in [-0.3, -0.25) is 4.79 Å². The van der Waals surface area contributed by atoms with Crippen molar-refractivity contribution in [1.29, 1.82) is 0 Å². The molecule has 1 amide bonds. The summed E-state index contributed by atoms with van der Waals surface area (Å²) in [5.74, 6) is 1.59. The van der Waals surface area contributed by atoms with Crippen molar-refractivity contribution >= 4 is 5.91 Å². The first-order chi connectivity index (χ1) is 16.2. The van der Waals surface area contributed by atoms with E-state index in [4.69, 9.17) is 9.47 Å². The molecule has 8 heteroatoms. The predicted octanol–water partition coefficient (Wildman–Crippen LogP) is 2.36. The minimum absolute atomic E-state index is 0.0251. The monoisotopic (exact) mass is 449 g/mol. The summed E-state index contributed by atoms with van der Waals surface area (Å²) >= 11 is 0. The lowest BCUT2D eigenvalue weighted by Gasteiger charge is -2.20. The Bertz CT molecular complexity index is 1030. The Kier molecular flexibility index (Phi) is 5.35. The number of rotatable bonds is 5. The van der Waals surface area contributed by atoms with E-state index >= 15 is 0 Å². The Morgan fingerprint density at radius 3 is 2.64 bits per heavy atom. The maximum atomic E-state index is 12.8. The minimum Gasteiger partial charge on any atom is -0.496 e. The lowest BCUT2D eigenvalue weighted by atomic mass is 9.95. The second-order valence-electron chi connectivity index (χ2n) is 9.68. The molecule has 6 rings (SSSR count). The van der Waals surface area contributed by atoms with Gasteiger partial charge in [-0.15, -0.1) is 0 Å². The number of hydrogen-bond acceptors (Lipinski definition) is 7. The number of nitrogens with one attached hydrogen (secondary N) is 4. The normalized spacial score (nSPS) is 29.2. The topological polar surface area (TPSA) is 86.9 Å². The fourth-order valence-corrected chi connectivity index (χ4v) is 5.78. The van der Waals surface area contributed by atoms with Crippen LogP contribution in [-0.4, -0.2) is 43.7 Å². The second-order valence-corrected chi connectivity index (χ2v) is 9.68. The zero-order chi connectivity index (χ0) is 22.4. The third-order valence-electron chi connectivity index (χ3n) is 7.77. The first-order valence-corrected chi connectivity index (χ1v) is 11.9. The molecule has 33 heavy (non-hydrogen) atoms. The first-order valence-electron chi connectivity index (χ1n) is 11.9. The Labute approximate surface area is 193 Å². The summed E-state index contributed by atoms with van der Waals surface area (Å²) in [6.45, 7) is 2.46. The van der Waals surface area contributed by atoms with Crippen molar-refractivity contribution in [2.45, 2.75) is 43.9 Å². The van der Waals surface area contributed by atoms with Crippen LogP contribution in [0.15, 0.2) is 42.5 Å². The van der Waals surface area contributed by atoms with Crippen LogP contribution in [0, 0.1) is 5.41 Å². The van der Waals surface area contributed by atoms with Crippen molar-refractivity contribution in [3.63, 3.8) is 0 Å². The van der Waals surface area contributed by atoms with E-state index in [2.05, 4.69) is 57.2 Å². The van der Waals surface area contributed by atoms with Crippen LogP contribution in [0.4, 0.5) is 0 Å². The van der Waals surface area contributed by atoms with Crippen molar-refractivity contribution in [3.8, 4) is 16.9 Å². The standard InChI is InChI=1S/C25H31N5O3/c1-32-21-9-8-18(23-26-28-29-27-23)13-19(21)16-4-6-17(7-5-16)20-14-25(20)10-11-30(15-25)24(31)22-3-2-12-33-22/h4-9,13,20,22-23,26-29H,2-3,10-12,14-15H2,1H3/t20-,22-,25-/m1/s1. The van der Waals surface area contributed by atoms with Gasteiger partial charge in [0.1, 0.15) is 18.0 Å². The third-order valence-corrected chi connectivity index (χ3v) is 7.77. The molecule has 3 atom stereocenters. The number of methoxy groups -OCH3 is 1. The molecule has 3 saturated heterocycles. The van der Waals surface area contributed by atoms with Gasteiger partial charge in [-0.25, -0.2) is 10.9 Å². The van der Waals surface area contributed by atoms with E-state index in [1.54, 1.807) is 7.11 Å². The highest BCUT2D eigenvalue weighted by Crippen LogP contribution is 2.64.